The minimum absolute atomic E-state index is 0.339. The summed E-state index contributed by atoms with van der Waals surface area (Å²) in [5.74, 6) is 0.605. The van der Waals surface area contributed by atoms with Gasteiger partial charge in [0.25, 0.3) is 0 Å². The Hall–Kier alpha value is -0.210. The van der Waals surface area contributed by atoms with Crippen molar-refractivity contribution in [2.24, 2.45) is 23.7 Å². The molecule has 1 fully saturated rings. The molecule has 1 aliphatic rings. The highest BCUT2D eigenvalue weighted by molar-refractivity contribution is 4.80. The standard InChI is InChI=1S/C12H21F3/c1-8(2)9(3)10-4-6-11(7-5-10)12(13,14)15/h8-11H,4-7H2,1-3H3. The molecule has 15 heavy (non-hydrogen) atoms. The molecule has 1 unspecified atom stereocenters. The highest BCUT2D eigenvalue weighted by atomic mass is 19.4. The molecule has 1 saturated carbocycles. The van der Waals surface area contributed by atoms with E-state index in [0.29, 0.717) is 30.6 Å². The van der Waals surface area contributed by atoms with Crippen LogP contribution in [-0.2, 0) is 0 Å². The predicted octanol–water partition coefficient (Wildman–Crippen LogP) is 4.65. The molecule has 1 rings (SSSR count). The molecule has 0 aliphatic heterocycles. The number of hydrogen-bond donors (Lipinski definition) is 0. The quantitative estimate of drug-likeness (QED) is 0.638. The second-order valence-electron chi connectivity index (χ2n) is 5.26. The van der Waals surface area contributed by atoms with Gasteiger partial charge in [-0.2, -0.15) is 13.2 Å². The van der Waals surface area contributed by atoms with Gasteiger partial charge in [0.05, 0.1) is 5.92 Å². The number of alkyl halides is 3. The van der Waals surface area contributed by atoms with Crippen molar-refractivity contribution in [1.29, 1.82) is 0 Å². The summed E-state index contributed by atoms with van der Waals surface area (Å²) in [4.78, 5) is 0. The second-order valence-corrected chi connectivity index (χ2v) is 5.26. The molecule has 0 radical (unpaired) electrons. The fraction of sp³-hybridized carbons (Fsp3) is 1.00. The van der Waals surface area contributed by atoms with E-state index in [0.717, 1.165) is 12.8 Å². The topological polar surface area (TPSA) is 0 Å². The zero-order chi connectivity index (χ0) is 11.6. The van der Waals surface area contributed by atoms with Gasteiger partial charge in [0, 0.05) is 0 Å². The lowest BCUT2D eigenvalue weighted by atomic mass is 9.73. The van der Waals surface area contributed by atoms with Crippen LogP contribution in [0, 0.1) is 23.7 Å². The molecule has 1 aliphatic carbocycles. The molecule has 0 aromatic carbocycles. The third-order valence-electron chi connectivity index (χ3n) is 4.03. The van der Waals surface area contributed by atoms with Crippen LogP contribution in [0.1, 0.15) is 46.5 Å². The van der Waals surface area contributed by atoms with E-state index in [9.17, 15) is 13.2 Å². The van der Waals surface area contributed by atoms with Gasteiger partial charge in [-0.3, -0.25) is 0 Å². The van der Waals surface area contributed by atoms with Crippen LogP contribution in [0.2, 0.25) is 0 Å². The lowest BCUT2D eigenvalue weighted by Crippen LogP contribution is -2.30. The third-order valence-corrected chi connectivity index (χ3v) is 4.03. The highest BCUT2D eigenvalue weighted by Gasteiger charge is 2.42. The first kappa shape index (κ1) is 12.9. The van der Waals surface area contributed by atoms with Gasteiger partial charge in [-0.05, 0) is 43.4 Å². The molecule has 0 aromatic heterocycles. The zero-order valence-corrected chi connectivity index (χ0v) is 9.77. The summed E-state index contributed by atoms with van der Waals surface area (Å²) in [7, 11) is 0. The van der Waals surface area contributed by atoms with Crippen LogP contribution in [0.4, 0.5) is 13.2 Å². The average Bonchev–Trinajstić information content (AvgIpc) is 2.15. The normalized spacial score (nSPS) is 30.6. The van der Waals surface area contributed by atoms with Gasteiger partial charge in [-0.15, -0.1) is 0 Å². The lowest BCUT2D eigenvalue weighted by molar-refractivity contribution is -0.185. The van der Waals surface area contributed by atoms with E-state index < -0.39 is 12.1 Å². The minimum atomic E-state index is -3.97. The monoisotopic (exact) mass is 222 g/mol. The lowest BCUT2D eigenvalue weighted by Gasteiger charge is -2.34. The van der Waals surface area contributed by atoms with Crippen molar-refractivity contribution in [1.82, 2.24) is 0 Å². The summed E-state index contributed by atoms with van der Waals surface area (Å²) >= 11 is 0. The van der Waals surface area contributed by atoms with E-state index in [1.165, 1.54) is 0 Å². The largest absolute Gasteiger partial charge is 0.391 e. The Bertz CT molecular complexity index is 188. The number of hydrogen-bond acceptors (Lipinski definition) is 0. The van der Waals surface area contributed by atoms with E-state index in [1.54, 1.807) is 0 Å². The van der Waals surface area contributed by atoms with Gasteiger partial charge < -0.3 is 0 Å². The van der Waals surface area contributed by atoms with E-state index >= 15 is 0 Å². The summed E-state index contributed by atoms with van der Waals surface area (Å²) < 4.78 is 37.3. The fourth-order valence-corrected chi connectivity index (χ4v) is 2.52. The van der Waals surface area contributed by atoms with Crippen LogP contribution in [-0.4, -0.2) is 6.18 Å². The summed E-state index contributed by atoms with van der Waals surface area (Å²) in [5, 5.41) is 0. The van der Waals surface area contributed by atoms with Crippen LogP contribution in [0.15, 0.2) is 0 Å². The van der Waals surface area contributed by atoms with Gasteiger partial charge in [-0.1, -0.05) is 20.8 Å². The molecule has 0 nitrogen and oxygen atoms in total. The molecular weight excluding hydrogens is 201 g/mol. The van der Waals surface area contributed by atoms with E-state index in [4.69, 9.17) is 0 Å². The molecule has 90 valence electrons. The van der Waals surface area contributed by atoms with Crippen LogP contribution >= 0.6 is 0 Å². The van der Waals surface area contributed by atoms with Gasteiger partial charge in [-0.25, -0.2) is 0 Å². The average molecular weight is 222 g/mol. The molecule has 0 spiro atoms. The summed E-state index contributed by atoms with van der Waals surface area (Å²) in [6, 6.07) is 0. The first-order valence-electron chi connectivity index (χ1n) is 5.89. The maximum atomic E-state index is 12.4. The van der Waals surface area contributed by atoms with Crippen molar-refractivity contribution in [2.45, 2.75) is 52.6 Å². The van der Waals surface area contributed by atoms with Crippen molar-refractivity contribution in [2.75, 3.05) is 0 Å². The maximum Gasteiger partial charge on any atom is 0.391 e. The zero-order valence-electron chi connectivity index (χ0n) is 9.77. The van der Waals surface area contributed by atoms with Gasteiger partial charge in [0.2, 0.25) is 0 Å². The van der Waals surface area contributed by atoms with Crippen molar-refractivity contribution in [3.8, 4) is 0 Å². The van der Waals surface area contributed by atoms with Crippen molar-refractivity contribution < 1.29 is 13.2 Å². The highest BCUT2D eigenvalue weighted by Crippen LogP contribution is 2.42. The van der Waals surface area contributed by atoms with Crippen molar-refractivity contribution in [3.63, 3.8) is 0 Å². The molecule has 0 amide bonds. The Morgan fingerprint density at radius 3 is 1.73 bits per heavy atom. The Balaban J connectivity index is 2.42. The van der Waals surface area contributed by atoms with Crippen LogP contribution in [0.3, 0.4) is 0 Å². The van der Waals surface area contributed by atoms with Gasteiger partial charge in [0.15, 0.2) is 0 Å². The molecule has 0 aromatic rings. The van der Waals surface area contributed by atoms with Crippen molar-refractivity contribution in [3.05, 3.63) is 0 Å². The molecule has 0 heterocycles. The molecular formula is C12H21F3. The number of halogens is 3. The first-order chi connectivity index (χ1) is 6.82. The Labute approximate surface area is 90.2 Å². The van der Waals surface area contributed by atoms with Crippen LogP contribution in [0.25, 0.3) is 0 Å². The molecule has 3 heteroatoms. The predicted molar refractivity (Wildman–Crippen MR) is 55.5 cm³/mol. The van der Waals surface area contributed by atoms with Crippen molar-refractivity contribution >= 4 is 0 Å². The number of rotatable bonds is 2. The minimum Gasteiger partial charge on any atom is -0.171 e. The Morgan fingerprint density at radius 1 is 0.933 bits per heavy atom. The summed E-state index contributed by atoms with van der Waals surface area (Å²) in [6.07, 6.45) is -1.78. The summed E-state index contributed by atoms with van der Waals surface area (Å²) in [5.41, 5.74) is 0. The fourth-order valence-electron chi connectivity index (χ4n) is 2.52. The van der Waals surface area contributed by atoms with Gasteiger partial charge in [0.1, 0.15) is 0 Å². The molecule has 0 saturated heterocycles. The summed E-state index contributed by atoms with van der Waals surface area (Å²) in [6.45, 7) is 6.48. The van der Waals surface area contributed by atoms with Crippen LogP contribution < -0.4 is 0 Å². The van der Waals surface area contributed by atoms with Gasteiger partial charge >= 0.3 is 6.18 Å². The second kappa shape index (κ2) is 4.75. The smallest absolute Gasteiger partial charge is 0.171 e. The molecule has 1 atom stereocenters. The Kier molecular flexibility index (Phi) is 4.07. The van der Waals surface area contributed by atoms with E-state index in [-0.39, 0.29) is 0 Å². The van der Waals surface area contributed by atoms with E-state index in [1.807, 2.05) is 0 Å². The Morgan fingerprint density at radius 2 is 1.40 bits per heavy atom. The van der Waals surface area contributed by atoms with Crippen LogP contribution in [0.5, 0.6) is 0 Å². The molecule has 0 N–H and O–H groups in total. The molecule has 0 bridgehead atoms. The SMILES string of the molecule is CC(C)C(C)C1CCC(C(F)(F)F)CC1. The first-order valence-corrected chi connectivity index (χ1v) is 5.89. The third kappa shape index (κ3) is 3.39. The van der Waals surface area contributed by atoms with E-state index in [2.05, 4.69) is 20.8 Å². The maximum absolute atomic E-state index is 12.4.